The van der Waals surface area contributed by atoms with Crippen LogP contribution in [0.4, 0.5) is 4.39 Å². The maximum atomic E-state index is 15.8. The number of aromatic nitrogens is 4. The van der Waals surface area contributed by atoms with Crippen LogP contribution in [-0.4, -0.2) is 56.2 Å². The van der Waals surface area contributed by atoms with Crippen LogP contribution in [0.15, 0.2) is 30.5 Å². The highest BCUT2D eigenvalue weighted by molar-refractivity contribution is 6.00. The number of hydrogen-bond acceptors (Lipinski definition) is 5. The zero-order chi connectivity index (χ0) is 24.3. The summed E-state index contributed by atoms with van der Waals surface area (Å²) in [6, 6.07) is 7.01. The molecule has 1 aliphatic carbocycles. The number of amides is 1. The number of carbonyl (C=O) groups is 1. The number of aryl methyl sites for hydroxylation is 1. The molecule has 0 bridgehead atoms. The molecule has 2 N–H and O–H groups in total. The van der Waals surface area contributed by atoms with Crippen molar-refractivity contribution in [1.82, 2.24) is 24.0 Å². The number of nitrogens with two attached hydrogens (primary N) is 1. The van der Waals surface area contributed by atoms with Gasteiger partial charge in [-0.1, -0.05) is 0 Å². The molecule has 2 aliphatic rings. The second-order valence-corrected chi connectivity index (χ2v) is 9.79. The normalized spacial score (nSPS) is 18.5. The number of rotatable bonds is 5. The Balaban J connectivity index is 1.51. The lowest BCUT2D eigenvalue weighted by Crippen LogP contribution is -2.45. The van der Waals surface area contributed by atoms with Gasteiger partial charge < -0.3 is 24.5 Å². The SMILES string of the molecule is COc1cc(C(=O)N2CCC[C@@H](N)C2)cc2nc(-c3c(F)c4cccnc4n3CC3CC3)n(C)c12. The number of fused-ring (bicyclic) bond motifs is 2. The van der Waals surface area contributed by atoms with Crippen molar-refractivity contribution in [1.29, 1.82) is 0 Å². The number of piperidine rings is 1. The summed E-state index contributed by atoms with van der Waals surface area (Å²) in [6.07, 6.45) is 5.77. The predicted octanol–water partition coefficient (Wildman–Crippen LogP) is 3.71. The summed E-state index contributed by atoms with van der Waals surface area (Å²) >= 11 is 0. The third-order valence-electron chi connectivity index (χ3n) is 7.25. The van der Waals surface area contributed by atoms with Crippen molar-refractivity contribution >= 4 is 28.0 Å². The number of imidazole rings is 1. The maximum Gasteiger partial charge on any atom is 0.254 e. The fraction of sp³-hybridized carbons (Fsp3) is 0.423. The molecule has 35 heavy (non-hydrogen) atoms. The monoisotopic (exact) mass is 476 g/mol. The van der Waals surface area contributed by atoms with Crippen molar-refractivity contribution in [3.8, 4) is 17.3 Å². The van der Waals surface area contributed by atoms with Gasteiger partial charge in [0.15, 0.2) is 11.6 Å². The number of methoxy groups -OCH3 is 1. The van der Waals surface area contributed by atoms with Crippen molar-refractivity contribution in [2.24, 2.45) is 18.7 Å². The lowest BCUT2D eigenvalue weighted by atomic mass is 10.0. The standard InChI is InChI=1S/C26H29FN6O2/c1-31-22-19(11-16(12-20(22)35-2)26(34)32-10-4-5-17(28)14-32)30-25(31)23-21(27)18-6-3-9-29-24(18)33(23)13-15-7-8-15/h3,6,9,11-12,15,17H,4-5,7-8,10,13-14,28H2,1-2H3/t17-/m1/s1. The minimum atomic E-state index is -0.329. The van der Waals surface area contributed by atoms with Crippen LogP contribution in [0.5, 0.6) is 5.75 Å². The van der Waals surface area contributed by atoms with E-state index in [0.29, 0.717) is 70.5 Å². The highest BCUT2D eigenvalue weighted by Crippen LogP contribution is 2.39. The van der Waals surface area contributed by atoms with Gasteiger partial charge in [0.1, 0.15) is 22.6 Å². The fourth-order valence-corrected chi connectivity index (χ4v) is 5.27. The van der Waals surface area contributed by atoms with E-state index in [9.17, 15) is 4.79 Å². The molecule has 1 amide bonds. The molecule has 1 aromatic carbocycles. The molecule has 6 rings (SSSR count). The van der Waals surface area contributed by atoms with Gasteiger partial charge in [-0.3, -0.25) is 4.79 Å². The van der Waals surface area contributed by atoms with Crippen molar-refractivity contribution in [2.75, 3.05) is 20.2 Å². The van der Waals surface area contributed by atoms with Gasteiger partial charge in [-0.15, -0.1) is 0 Å². The van der Waals surface area contributed by atoms with E-state index in [1.54, 1.807) is 42.5 Å². The smallest absolute Gasteiger partial charge is 0.254 e. The zero-order valence-electron chi connectivity index (χ0n) is 20.0. The van der Waals surface area contributed by atoms with E-state index in [4.69, 9.17) is 15.5 Å². The quantitative estimate of drug-likeness (QED) is 0.474. The number of pyridine rings is 1. The molecule has 0 radical (unpaired) electrons. The van der Waals surface area contributed by atoms with Crippen molar-refractivity contribution in [3.05, 3.63) is 41.8 Å². The molecular weight excluding hydrogens is 447 g/mol. The molecule has 0 spiro atoms. The summed E-state index contributed by atoms with van der Waals surface area (Å²) in [7, 11) is 3.42. The molecule has 8 nitrogen and oxygen atoms in total. The number of benzene rings is 1. The summed E-state index contributed by atoms with van der Waals surface area (Å²) in [5, 5.41) is 0.486. The molecular formula is C26H29FN6O2. The van der Waals surface area contributed by atoms with Crippen molar-refractivity contribution in [2.45, 2.75) is 38.3 Å². The molecule has 4 heterocycles. The molecule has 3 aromatic heterocycles. The average molecular weight is 477 g/mol. The minimum Gasteiger partial charge on any atom is -0.494 e. The van der Waals surface area contributed by atoms with Gasteiger partial charge in [-0.25, -0.2) is 14.4 Å². The van der Waals surface area contributed by atoms with E-state index in [-0.39, 0.29) is 17.8 Å². The molecule has 1 saturated heterocycles. The van der Waals surface area contributed by atoms with Crippen LogP contribution in [0.1, 0.15) is 36.0 Å². The van der Waals surface area contributed by atoms with Gasteiger partial charge >= 0.3 is 0 Å². The number of carbonyl (C=O) groups excluding carboxylic acids is 1. The molecule has 0 unspecified atom stereocenters. The van der Waals surface area contributed by atoms with Crippen molar-refractivity contribution in [3.63, 3.8) is 0 Å². The maximum absolute atomic E-state index is 15.8. The third kappa shape index (κ3) is 3.65. The van der Waals surface area contributed by atoms with E-state index >= 15 is 4.39 Å². The Morgan fingerprint density at radius 1 is 1.29 bits per heavy atom. The molecule has 2 fully saturated rings. The summed E-state index contributed by atoms with van der Waals surface area (Å²) in [5.74, 6) is 1.11. The first-order valence-electron chi connectivity index (χ1n) is 12.2. The lowest BCUT2D eigenvalue weighted by molar-refractivity contribution is 0.0708. The number of likely N-dealkylation sites (tertiary alicyclic amines) is 1. The Morgan fingerprint density at radius 3 is 2.86 bits per heavy atom. The van der Waals surface area contributed by atoms with E-state index in [0.717, 1.165) is 25.7 Å². The van der Waals surface area contributed by atoms with Crippen molar-refractivity contribution < 1.29 is 13.9 Å². The number of hydrogen-bond donors (Lipinski definition) is 1. The predicted molar refractivity (Wildman–Crippen MR) is 132 cm³/mol. The van der Waals surface area contributed by atoms with Crippen LogP contribution in [0.3, 0.4) is 0 Å². The zero-order valence-corrected chi connectivity index (χ0v) is 20.0. The Bertz CT molecular complexity index is 1450. The number of ether oxygens (including phenoxy) is 1. The topological polar surface area (TPSA) is 91.2 Å². The fourth-order valence-electron chi connectivity index (χ4n) is 5.27. The largest absolute Gasteiger partial charge is 0.494 e. The van der Waals surface area contributed by atoms with E-state index in [1.807, 2.05) is 16.2 Å². The molecule has 182 valence electrons. The Kier molecular flexibility index (Phi) is 5.25. The van der Waals surface area contributed by atoms with Gasteiger partial charge in [0.25, 0.3) is 5.91 Å². The molecule has 1 saturated carbocycles. The third-order valence-corrected chi connectivity index (χ3v) is 7.25. The van der Waals surface area contributed by atoms with Gasteiger partial charge in [0, 0.05) is 44.5 Å². The molecule has 1 atom stereocenters. The number of halogens is 1. The van der Waals surface area contributed by atoms with Crippen LogP contribution >= 0.6 is 0 Å². The summed E-state index contributed by atoms with van der Waals surface area (Å²) in [6.45, 7) is 1.91. The first kappa shape index (κ1) is 22.0. The van der Waals surface area contributed by atoms with Crippen LogP contribution in [0.2, 0.25) is 0 Å². The second-order valence-electron chi connectivity index (χ2n) is 9.79. The highest BCUT2D eigenvalue weighted by atomic mass is 19.1. The number of nitrogens with zero attached hydrogens (tertiary/aromatic N) is 5. The van der Waals surface area contributed by atoms with E-state index < -0.39 is 0 Å². The first-order valence-corrected chi connectivity index (χ1v) is 12.2. The minimum absolute atomic E-state index is 0.00949. The average Bonchev–Trinajstić information content (AvgIpc) is 3.58. The van der Waals surface area contributed by atoms with Crippen LogP contribution in [0, 0.1) is 11.7 Å². The van der Waals surface area contributed by atoms with Gasteiger partial charge in [-0.2, -0.15) is 0 Å². The van der Waals surface area contributed by atoms with Gasteiger partial charge in [0.2, 0.25) is 0 Å². The lowest BCUT2D eigenvalue weighted by Gasteiger charge is -2.30. The second kappa shape index (κ2) is 8.34. The van der Waals surface area contributed by atoms with E-state index in [2.05, 4.69) is 4.98 Å². The summed E-state index contributed by atoms with van der Waals surface area (Å²) in [5.41, 5.74) is 8.94. The first-order chi connectivity index (χ1) is 17.0. The Hall–Kier alpha value is -3.46. The summed E-state index contributed by atoms with van der Waals surface area (Å²) in [4.78, 5) is 24.4. The summed E-state index contributed by atoms with van der Waals surface area (Å²) < 4.78 is 25.3. The van der Waals surface area contributed by atoms with Crippen LogP contribution in [-0.2, 0) is 13.6 Å². The highest BCUT2D eigenvalue weighted by Gasteiger charge is 2.30. The van der Waals surface area contributed by atoms with Gasteiger partial charge in [0.05, 0.1) is 18.0 Å². The Morgan fingerprint density at radius 2 is 2.11 bits per heavy atom. The Labute approximate surface area is 202 Å². The molecule has 9 heteroatoms. The molecule has 4 aromatic rings. The molecule has 1 aliphatic heterocycles. The van der Waals surface area contributed by atoms with Crippen LogP contribution in [0.25, 0.3) is 33.6 Å². The van der Waals surface area contributed by atoms with Gasteiger partial charge in [-0.05, 0) is 55.9 Å². The van der Waals surface area contributed by atoms with E-state index in [1.165, 1.54) is 0 Å². The van der Waals surface area contributed by atoms with Crippen LogP contribution < -0.4 is 10.5 Å².